The number of nitrogens with zero attached hydrogens (tertiary/aromatic N) is 4. The van der Waals surface area contributed by atoms with E-state index in [2.05, 4.69) is 26.0 Å². The Kier molecular flexibility index (Phi) is 5.18. The molecule has 1 fully saturated rings. The fourth-order valence-corrected chi connectivity index (χ4v) is 4.70. The van der Waals surface area contributed by atoms with Crippen LogP contribution in [0.5, 0.6) is 0 Å². The van der Waals surface area contributed by atoms with E-state index < -0.39 is 0 Å². The molecule has 0 aliphatic carbocycles. The molecule has 1 atom stereocenters. The molecule has 0 aromatic carbocycles. The molecule has 6 nitrogen and oxygen atoms in total. The number of thiophene rings is 1. The highest BCUT2D eigenvalue weighted by Gasteiger charge is 2.30. The third kappa shape index (κ3) is 3.86. The van der Waals surface area contributed by atoms with Crippen molar-refractivity contribution < 1.29 is 4.79 Å². The largest absolute Gasteiger partial charge is 0.333 e. The van der Waals surface area contributed by atoms with E-state index in [0.29, 0.717) is 18.0 Å². The topological polar surface area (TPSA) is 68.1 Å². The first kappa shape index (κ1) is 18.1. The van der Waals surface area contributed by atoms with E-state index in [9.17, 15) is 9.59 Å². The fourth-order valence-electron chi connectivity index (χ4n) is 3.32. The third-order valence-electron chi connectivity index (χ3n) is 4.64. The summed E-state index contributed by atoms with van der Waals surface area (Å²) in [4.78, 5) is 31.7. The van der Waals surface area contributed by atoms with Crippen molar-refractivity contribution in [2.24, 2.45) is 0 Å². The molecular weight excluding hydrogens is 428 g/mol. The van der Waals surface area contributed by atoms with Gasteiger partial charge >= 0.3 is 0 Å². The molecule has 4 heterocycles. The lowest BCUT2D eigenvalue weighted by Crippen LogP contribution is -2.40. The first-order chi connectivity index (χ1) is 13.1. The van der Waals surface area contributed by atoms with Crippen molar-refractivity contribution in [1.29, 1.82) is 0 Å². The maximum atomic E-state index is 12.8. The van der Waals surface area contributed by atoms with E-state index in [-0.39, 0.29) is 17.5 Å². The monoisotopic (exact) mass is 444 g/mol. The number of aromatic nitrogens is 3. The molecule has 0 spiro atoms. The zero-order valence-electron chi connectivity index (χ0n) is 14.4. The van der Waals surface area contributed by atoms with Gasteiger partial charge in [0.2, 0.25) is 0 Å². The van der Waals surface area contributed by atoms with Gasteiger partial charge in [-0.1, -0.05) is 0 Å². The molecule has 138 valence electrons. The van der Waals surface area contributed by atoms with Gasteiger partial charge in [0.25, 0.3) is 11.5 Å². The van der Waals surface area contributed by atoms with Crippen LogP contribution in [0.4, 0.5) is 0 Å². The molecule has 27 heavy (non-hydrogen) atoms. The van der Waals surface area contributed by atoms with Gasteiger partial charge in [-0.3, -0.25) is 14.6 Å². The quantitative estimate of drug-likeness (QED) is 0.617. The first-order valence-corrected chi connectivity index (χ1v) is 10.3. The van der Waals surface area contributed by atoms with Crippen LogP contribution in [0.2, 0.25) is 0 Å². The van der Waals surface area contributed by atoms with Crippen molar-refractivity contribution >= 4 is 33.2 Å². The van der Waals surface area contributed by atoms with Crippen LogP contribution in [0.3, 0.4) is 0 Å². The van der Waals surface area contributed by atoms with Gasteiger partial charge in [-0.25, -0.2) is 4.68 Å². The molecule has 1 saturated heterocycles. The zero-order valence-corrected chi connectivity index (χ0v) is 16.8. The minimum Gasteiger partial charge on any atom is -0.333 e. The van der Waals surface area contributed by atoms with Gasteiger partial charge in [-0.15, -0.1) is 11.3 Å². The number of amides is 1. The van der Waals surface area contributed by atoms with Crippen LogP contribution in [0.15, 0.2) is 57.4 Å². The predicted octanol–water partition coefficient (Wildman–Crippen LogP) is 3.43. The van der Waals surface area contributed by atoms with Crippen molar-refractivity contribution in [1.82, 2.24) is 19.7 Å². The first-order valence-electron chi connectivity index (χ1n) is 8.65. The summed E-state index contributed by atoms with van der Waals surface area (Å²) in [6.07, 6.45) is 5.19. The lowest BCUT2D eigenvalue weighted by atomic mass is 10.2. The molecule has 4 rings (SSSR count). The molecule has 0 N–H and O–H groups in total. The van der Waals surface area contributed by atoms with Gasteiger partial charge in [-0.2, -0.15) is 5.10 Å². The second-order valence-corrected chi connectivity index (χ2v) is 8.23. The molecule has 1 unspecified atom stereocenters. The Morgan fingerprint density at radius 2 is 2.07 bits per heavy atom. The standard InChI is InChI=1S/C19H17BrN4O2S/c20-14-10-17(27-12-14)19(26)23-9-1-2-15(23)11-24-18(25)4-3-16(22-24)13-5-7-21-8-6-13/h3-8,10,12,15H,1-2,9,11H2. The van der Waals surface area contributed by atoms with Crippen molar-refractivity contribution in [2.45, 2.75) is 25.4 Å². The Bertz CT molecular complexity index is 1020. The van der Waals surface area contributed by atoms with Gasteiger partial charge < -0.3 is 4.90 Å². The van der Waals surface area contributed by atoms with E-state index in [1.165, 1.54) is 22.1 Å². The molecule has 1 aliphatic rings. The summed E-state index contributed by atoms with van der Waals surface area (Å²) in [5.41, 5.74) is 1.46. The highest BCUT2D eigenvalue weighted by atomic mass is 79.9. The smallest absolute Gasteiger partial charge is 0.266 e. The van der Waals surface area contributed by atoms with Crippen LogP contribution in [-0.4, -0.2) is 38.2 Å². The summed E-state index contributed by atoms with van der Waals surface area (Å²) in [6, 6.07) is 8.77. The summed E-state index contributed by atoms with van der Waals surface area (Å²) in [5.74, 6) is 0.0199. The minimum atomic E-state index is -0.161. The van der Waals surface area contributed by atoms with Crippen LogP contribution in [0.1, 0.15) is 22.5 Å². The number of rotatable bonds is 4. The molecule has 3 aromatic rings. The number of hydrogen-bond donors (Lipinski definition) is 0. The highest BCUT2D eigenvalue weighted by Crippen LogP contribution is 2.26. The highest BCUT2D eigenvalue weighted by molar-refractivity contribution is 9.10. The van der Waals surface area contributed by atoms with Crippen molar-refractivity contribution in [3.63, 3.8) is 0 Å². The molecule has 3 aromatic heterocycles. The number of likely N-dealkylation sites (tertiary alicyclic amines) is 1. The summed E-state index contributed by atoms with van der Waals surface area (Å²) < 4.78 is 2.38. The normalized spacial score (nSPS) is 16.6. The van der Waals surface area contributed by atoms with Gasteiger partial charge in [0.1, 0.15) is 0 Å². The van der Waals surface area contributed by atoms with E-state index in [1.54, 1.807) is 18.5 Å². The molecular formula is C19H17BrN4O2S. The summed E-state index contributed by atoms with van der Waals surface area (Å²) >= 11 is 4.82. The molecule has 1 aliphatic heterocycles. The minimum absolute atomic E-state index is 0.0199. The van der Waals surface area contributed by atoms with Gasteiger partial charge in [-0.05, 0) is 53.0 Å². The third-order valence-corrected chi connectivity index (χ3v) is 6.32. The maximum Gasteiger partial charge on any atom is 0.266 e. The van der Waals surface area contributed by atoms with Crippen LogP contribution < -0.4 is 5.56 Å². The van der Waals surface area contributed by atoms with E-state index in [4.69, 9.17) is 0 Å². The Morgan fingerprint density at radius 1 is 1.26 bits per heavy atom. The second kappa shape index (κ2) is 7.74. The number of halogens is 1. The van der Waals surface area contributed by atoms with Crippen LogP contribution >= 0.6 is 27.3 Å². The Balaban J connectivity index is 1.58. The number of carbonyl (C=O) groups excluding carboxylic acids is 1. The summed E-state index contributed by atoms with van der Waals surface area (Å²) in [5, 5.41) is 6.42. The van der Waals surface area contributed by atoms with E-state index in [0.717, 1.165) is 28.6 Å². The Labute approximate surface area is 168 Å². The van der Waals surface area contributed by atoms with Gasteiger partial charge in [0.15, 0.2) is 0 Å². The van der Waals surface area contributed by atoms with Crippen molar-refractivity contribution in [3.8, 4) is 11.3 Å². The van der Waals surface area contributed by atoms with Crippen LogP contribution in [-0.2, 0) is 6.54 Å². The summed E-state index contributed by atoms with van der Waals surface area (Å²) in [7, 11) is 0. The Hall–Kier alpha value is -2.32. The SMILES string of the molecule is O=C(c1cc(Br)cs1)N1CCCC1Cn1nc(-c2ccncc2)ccc1=O. The number of pyridine rings is 1. The maximum absolute atomic E-state index is 12.8. The fraction of sp³-hybridized carbons (Fsp3) is 0.263. The molecule has 0 saturated carbocycles. The molecule has 1 amide bonds. The van der Waals surface area contributed by atoms with Gasteiger partial charge in [0, 0.05) is 40.4 Å². The lowest BCUT2D eigenvalue weighted by Gasteiger charge is -2.24. The van der Waals surface area contributed by atoms with E-state index in [1.807, 2.05) is 28.5 Å². The second-order valence-electron chi connectivity index (χ2n) is 6.40. The average Bonchev–Trinajstić information content (AvgIpc) is 3.33. The summed E-state index contributed by atoms with van der Waals surface area (Å²) in [6.45, 7) is 1.11. The van der Waals surface area contributed by atoms with Crippen molar-refractivity contribution in [2.75, 3.05) is 6.54 Å². The van der Waals surface area contributed by atoms with Crippen LogP contribution in [0, 0.1) is 0 Å². The average molecular weight is 445 g/mol. The van der Waals surface area contributed by atoms with E-state index >= 15 is 0 Å². The molecule has 0 radical (unpaired) electrons. The predicted molar refractivity (Wildman–Crippen MR) is 108 cm³/mol. The number of carbonyl (C=O) groups is 1. The van der Waals surface area contributed by atoms with Crippen LogP contribution in [0.25, 0.3) is 11.3 Å². The molecule has 0 bridgehead atoms. The molecule has 8 heteroatoms. The lowest BCUT2D eigenvalue weighted by molar-refractivity contribution is 0.0725. The Morgan fingerprint density at radius 3 is 2.81 bits per heavy atom. The zero-order chi connectivity index (χ0) is 18.8. The van der Waals surface area contributed by atoms with Crippen molar-refractivity contribution in [3.05, 3.63) is 67.8 Å². The number of hydrogen-bond acceptors (Lipinski definition) is 5. The van der Waals surface area contributed by atoms with Gasteiger partial charge in [0.05, 0.1) is 23.2 Å².